The fourth-order valence-electron chi connectivity index (χ4n) is 4.26. The van der Waals surface area contributed by atoms with Crippen molar-refractivity contribution in [1.82, 2.24) is 5.32 Å². The van der Waals surface area contributed by atoms with E-state index in [9.17, 15) is 4.79 Å². The Kier molecular flexibility index (Phi) is 6.30. The Bertz CT molecular complexity index is 1470. The molecule has 4 aromatic carbocycles. The molecule has 0 aliphatic rings. The number of hydrogen-bond acceptors (Lipinski definition) is 5. The third-order valence-electron chi connectivity index (χ3n) is 5.73. The van der Waals surface area contributed by atoms with Crippen molar-refractivity contribution in [2.24, 2.45) is 0 Å². The van der Waals surface area contributed by atoms with E-state index < -0.39 is 0 Å². The number of para-hydroxylation sites is 1. The second-order valence-electron chi connectivity index (χ2n) is 7.94. The Morgan fingerprint density at radius 1 is 0.882 bits per heavy atom. The lowest BCUT2D eigenvalue weighted by molar-refractivity contribution is 0.0528. The van der Waals surface area contributed by atoms with Crippen LogP contribution in [0.4, 0.5) is 0 Å². The summed E-state index contributed by atoms with van der Waals surface area (Å²) in [5.74, 6) is 1.14. The normalized spacial score (nSPS) is 11.1. The van der Waals surface area contributed by atoms with E-state index in [0.29, 0.717) is 24.5 Å². The standard InChI is InChI=1S/C29H25NO3S/c1-3-32-29(31)28-24-16-25(33-20-12-5-4-6-13-20)23(17-26(24)34-27(28)18-30-2)22-15-9-11-19-10-7-8-14-21(19)22/h4-17,30H,3,18H2,1-2H3. The molecule has 0 radical (unpaired) electrons. The SMILES string of the molecule is CCOC(=O)c1c(CNC)sc2cc(-c3cccc4ccccc34)c(Oc3ccccc3)cc12. The van der Waals surface area contributed by atoms with E-state index in [4.69, 9.17) is 9.47 Å². The maximum absolute atomic E-state index is 12.9. The van der Waals surface area contributed by atoms with Crippen LogP contribution in [0.15, 0.2) is 84.9 Å². The summed E-state index contributed by atoms with van der Waals surface area (Å²) in [5.41, 5.74) is 2.69. The molecule has 0 bridgehead atoms. The molecular weight excluding hydrogens is 442 g/mol. The molecule has 170 valence electrons. The van der Waals surface area contributed by atoms with Crippen LogP contribution in [0.1, 0.15) is 22.2 Å². The molecule has 4 nitrogen and oxygen atoms in total. The molecule has 0 aliphatic carbocycles. The van der Waals surface area contributed by atoms with Crippen LogP contribution < -0.4 is 10.1 Å². The van der Waals surface area contributed by atoms with E-state index >= 15 is 0 Å². The summed E-state index contributed by atoms with van der Waals surface area (Å²) >= 11 is 1.61. The van der Waals surface area contributed by atoms with Gasteiger partial charge in [-0.2, -0.15) is 0 Å². The molecule has 0 unspecified atom stereocenters. The first-order chi connectivity index (χ1) is 16.7. The van der Waals surface area contributed by atoms with Crippen molar-refractivity contribution in [3.63, 3.8) is 0 Å². The summed E-state index contributed by atoms with van der Waals surface area (Å²) < 4.78 is 12.9. The van der Waals surface area contributed by atoms with E-state index in [2.05, 4.69) is 47.8 Å². The topological polar surface area (TPSA) is 47.6 Å². The summed E-state index contributed by atoms with van der Waals surface area (Å²) in [7, 11) is 1.88. The van der Waals surface area contributed by atoms with Gasteiger partial charge in [-0.05, 0) is 54.6 Å². The number of hydrogen-bond donors (Lipinski definition) is 1. The van der Waals surface area contributed by atoms with Crippen molar-refractivity contribution < 1.29 is 14.3 Å². The number of fused-ring (bicyclic) bond motifs is 2. The lowest BCUT2D eigenvalue weighted by Gasteiger charge is -2.14. The van der Waals surface area contributed by atoms with Crippen molar-refractivity contribution in [2.45, 2.75) is 13.5 Å². The fraction of sp³-hybridized carbons (Fsp3) is 0.138. The van der Waals surface area contributed by atoms with E-state index in [-0.39, 0.29) is 5.97 Å². The number of carbonyl (C=O) groups is 1. The molecule has 0 spiro atoms. The van der Waals surface area contributed by atoms with Gasteiger partial charge in [-0.25, -0.2) is 4.79 Å². The average Bonchev–Trinajstić information content (AvgIpc) is 3.21. The zero-order valence-corrected chi connectivity index (χ0v) is 19.9. The molecule has 0 fully saturated rings. The Morgan fingerprint density at radius 3 is 2.44 bits per heavy atom. The van der Waals surface area contributed by atoms with Crippen molar-refractivity contribution in [1.29, 1.82) is 0 Å². The Hall–Kier alpha value is -3.67. The summed E-state index contributed by atoms with van der Waals surface area (Å²) in [6, 6.07) is 28.5. The fourth-order valence-corrected chi connectivity index (χ4v) is 5.48. The van der Waals surface area contributed by atoms with Crippen LogP contribution in [0.5, 0.6) is 11.5 Å². The summed E-state index contributed by atoms with van der Waals surface area (Å²) in [5, 5.41) is 6.35. The van der Waals surface area contributed by atoms with Crippen molar-refractivity contribution in [3.05, 3.63) is 95.4 Å². The molecule has 5 rings (SSSR count). The average molecular weight is 468 g/mol. The van der Waals surface area contributed by atoms with Crippen molar-refractivity contribution >= 4 is 38.2 Å². The van der Waals surface area contributed by atoms with Crippen LogP contribution in [0, 0.1) is 0 Å². The van der Waals surface area contributed by atoms with Crippen LogP contribution in [-0.2, 0) is 11.3 Å². The molecule has 0 aliphatic heterocycles. The molecule has 5 aromatic rings. The highest BCUT2D eigenvalue weighted by molar-refractivity contribution is 7.19. The highest BCUT2D eigenvalue weighted by Gasteiger charge is 2.23. The summed E-state index contributed by atoms with van der Waals surface area (Å²) in [4.78, 5) is 13.9. The van der Waals surface area contributed by atoms with Gasteiger partial charge in [0.25, 0.3) is 0 Å². The Morgan fingerprint density at radius 2 is 1.65 bits per heavy atom. The zero-order chi connectivity index (χ0) is 23.5. The van der Waals surface area contributed by atoms with E-state index in [1.807, 2.05) is 56.4 Å². The third-order valence-corrected chi connectivity index (χ3v) is 6.88. The molecule has 1 heterocycles. The number of esters is 1. The van der Waals surface area contributed by atoms with Gasteiger partial charge in [-0.3, -0.25) is 0 Å². The lowest BCUT2D eigenvalue weighted by atomic mass is 9.96. The van der Waals surface area contributed by atoms with Crippen LogP contribution in [0.25, 0.3) is 32.0 Å². The van der Waals surface area contributed by atoms with Gasteiger partial charge in [0.05, 0.1) is 12.2 Å². The molecule has 0 atom stereocenters. The van der Waals surface area contributed by atoms with Crippen molar-refractivity contribution in [3.8, 4) is 22.6 Å². The van der Waals surface area contributed by atoms with Crippen molar-refractivity contribution in [2.75, 3.05) is 13.7 Å². The number of ether oxygens (including phenoxy) is 2. The Balaban J connectivity index is 1.78. The predicted molar refractivity (Wildman–Crippen MR) is 140 cm³/mol. The number of thiophene rings is 1. The van der Waals surface area contributed by atoms with Gasteiger partial charge in [0.2, 0.25) is 0 Å². The summed E-state index contributed by atoms with van der Waals surface area (Å²) in [6.45, 7) is 2.75. The number of carbonyl (C=O) groups excluding carboxylic acids is 1. The monoisotopic (exact) mass is 467 g/mol. The molecule has 1 aromatic heterocycles. The van der Waals surface area contributed by atoms with Gasteiger partial charge in [-0.1, -0.05) is 60.7 Å². The van der Waals surface area contributed by atoms with Gasteiger partial charge < -0.3 is 14.8 Å². The third kappa shape index (κ3) is 4.16. The van der Waals surface area contributed by atoms with E-state index in [1.165, 1.54) is 5.39 Å². The molecule has 5 heteroatoms. The zero-order valence-electron chi connectivity index (χ0n) is 19.1. The minimum atomic E-state index is -0.303. The van der Waals surface area contributed by atoms with Gasteiger partial charge in [0.1, 0.15) is 11.5 Å². The minimum Gasteiger partial charge on any atom is -0.462 e. The van der Waals surface area contributed by atoms with E-state index in [0.717, 1.165) is 37.2 Å². The number of benzene rings is 4. The maximum Gasteiger partial charge on any atom is 0.339 e. The number of nitrogens with one attached hydrogen (secondary N) is 1. The van der Waals surface area contributed by atoms with Crippen LogP contribution in [0.3, 0.4) is 0 Å². The minimum absolute atomic E-state index is 0.303. The molecule has 0 saturated carbocycles. The number of rotatable bonds is 7. The highest BCUT2D eigenvalue weighted by Crippen LogP contribution is 2.43. The molecular formula is C29H25NO3S. The van der Waals surface area contributed by atoms with E-state index in [1.54, 1.807) is 11.3 Å². The summed E-state index contributed by atoms with van der Waals surface area (Å²) in [6.07, 6.45) is 0. The lowest BCUT2D eigenvalue weighted by Crippen LogP contribution is -2.11. The Labute approximate surface area is 202 Å². The molecule has 34 heavy (non-hydrogen) atoms. The molecule has 1 N–H and O–H groups in total. The van der Waals surface area contributed by atoms with Crippen LogP contribution in [0.2, 0.25) is 0 Å². The van der Waals surface area contributed by atoms with Gasteiger partial charge >= 0.3 is 5.97 Å². The highest BCUT2D eigenvalue weighted by atomic mass is 32.1. The predicted octanol–water partition coefficient (Wildman–Crippen LogP) is 7.41. The van der Waals surface area contributed by atoms with Gasteiger partial charge in [-0.15, -0.1) is 11.3 Å². The quantitative estimate of drug-likeness (QED) is 0.253. The molecule has 0 saturated heterocycles. The first-order valence-corrected chi connectivity index (χ1v) is 12.1. The second kappa shape index (κ2) is 9.67. The molecule has 0 amide bonds. The largest absolute Gasteiger partial charge is 0.462 e. The van der Waals surface area contributed by atoms with Gasteiger partial charge in [0.15, 0.2) is 0 Å². The first kappa shape index (κ1) is 22.1. The van der Waals surface area contributed by atoms with Crippen LogP contribution >= 0.6 is 11.3 Å². The first-order valence-electron chi connectivity index (χ1n) is 11.3. The maximum atomic E-state index is 12.9. The van der Waals surface area contributed by atoms with Gasteiger partial charge in [0, 0.05) is 27.1 Å². The smallest absolute Gasteiger partial charge is 0.339 e. The van der Waals surface area contributed by atoms with Crippen LogP contribution in [-0.4, -0.2) is 19.6 Å². The second-order valence-corrected chi connectivity index (χ2v) is 9.07.